The van der Waals surface area contributed by atoms with Crippen LogP contribution in [-0.2, 0) is 0 Å². The molecule has 0 fully saturated rings. The van der Waals surface area contributed by atoms with E-state index in [4.69, 9.17) is 0 Å². The van der Waals surface area contributed by atoms with Crippen molar-refractivity contribution in [3.8, 4) is 0 Å². The lowest BCUT2D eigenvalue weighted by molar-refractivity contribution is 1.27. The first-order chi connectivity index (χ1) is 5.75. The molecule has 0 radical (unpaired) electrons. The van der Waals surface area contributed by atoms with E-state index in [-0.39, 0.29) is 0 Å². The number of aromatic nitrogens is 2. The second-order valence-electron chi connectivity index (χ2n) is 2.35. The third-order valence-corrected chi connectivity index (χ3v) is 2.68. The molecule has 4 heteroatoms. The maximum atomic E-state index is 4.29. The summed E-state index contributed by atoms with van der Waals surface area (Å²) in [6, 6.07) is 4.05. The highest BCUT2D eigenvalue weighted by Gasteiger charge is 1.96. The lowest BCUT2D eigenvalue weighted by atomic mass is 10.3. The minimum Gasteiger partial charge on any atom is -0.255 e. The van der Waals surface area contributed by atoms with Gasteiger partial charge in [0.15, 0.2) is 0 Å². The van der Waals surface area contributed by atoms with Crippen molar-refractivity contribution >= 4 is 56.1 Å². The Bertz CT molecular complexity index is 387. The zero-order valence-corrected chi connectivity index (χ0v) is 10.3. The van der Waals surface area contributed by atoms with Crippen LogP contribution < -0.4 is 0 Å². The van der Waals surface area contributed by atoms with Crippen LogP contribution in [0.2, 0.25) is 0 Å². The predicted octanol–water partition coefficient (Wildman–Crippen LogP) is 2.84. The lowest BCUT2D eigenvalue weighted by Gasteiger charge is -1.96. The van der Waals surface area contributed by atoms with Crippen molar-refractivity contribution < 1.29 is 0 Å². The average Bonchev–Trinajstić information content (AvgIpc) is 2.05. The van der Waals surface area contributed by atoms with Crippen LogP contribution in [0, 0.1) is 7.27 Å². The highest BCUT2D eigenvalue weighted by Crippen LogP contribution is 2.15. The SMILES string of the molecule is Ic1cnc2cc(I)ncc2c1. The fourth-order valence-electron chi connectivity index (χ4n) is 0.971. The summed E-state index contributed by atoms with van der Waals surface area (Å²) in [6.45, 7) is 0. The Morgan fingerprint density at radius 2 is 1.83 bits per heavy atom. The maximum Gasteiger partial charge on any atom is 0.103 e. The lowest BCUT2D eigenvalue weighted by Crippen LogP contribution is -1.84. The summed E-state index contributed by atoms with van der Waals surface area (Å²) in [6.07, 6.45) is 3.71. The van der Waals surface area contributed by atoms with Gasteiger partial charge < -0.3 is 0 Å². The molecule has 0 bridgehead atoms. The third kappa shape index (κ3) is 1.68. The number of hydrogen-bond donors (Lipinski definition) is 0. The van der Waals surface area contributed by atoms with E-state index < -0.39 is 0 Å². The summed E-state index contributed by atoms with van der Waals surface area (Å²) in [7, 11) is 0. The zero-order valence-electron chi connectivity index (χ0n) is 5.96. The molecule has 0 N–H and O–H groups in total. The number of halogens is 2. The van der Waals surface area contributed by atoms with Gasteiger partial charge in [-0.15, -0.1) is 0 Å². The van der Waals surface area contributed by atoms with Gasteiger partial charge in [-0.1, -0.05) is 0 Å². The van der Waals surface area contributed by atoms with Gasteiger partial charge in [0, 0.05) is 21.4 Å². The van der Waals surface area contributed by atoms with Crippen molar-refractivity contribution in [2.75, 3.05) is 0 Å². The van der Waals surface area contributed by atoms with E-state index in [0.29, 0.717) is 0 Å². The van der Waals surface area contributed by atoms with Crippen LogP contribution in [0.1, 0.15) is 0 Å². The highest BCUT2D eigenvalue weighted by molar-refractivity contribution is 14.1. The monoisotopic (exact) mass is 382 g/mol. The van der Waals surface area contributed by atoms with E-state index in [1.54, 1.807) is 0 Å². The molecule has 0 saturated carbocycles. The van der Waals surface area contributed by atoms with E-state index in [9.17, 15) is 0 Å². The van der Waals surface area contributed by atoms with Gasteiger partial charge in [-0.2, -0.15) is 0 Å². The Labute approximate surface area is 97.1 Å². The van der Waals surface area contributed by atoms with Crippen LogP contribution in [0.4, 0.5) is 0 Å². The minimum atomic E-state index is 0.980. The number of hydrogen-bond acceptors (Lipinski definition) is 2. The smallest absolute Gasteiger partial charge is 0.103 e. The molecule has 0 aromatic carbocycles. The van der Waals surface area contributed by atoms with Crippen molar-refractivity contribution in [2.24, 2.45) is 0 Å². The van der Waals surface area contributed by atoms with Gasteiger partial charge >= 0.3 is 0 Å². The quantitative estimate of drug-likeness (QED) is 0.518. The van der Waals surface area contributed by atoms with Crippen molar-refractivity contribution in [3.05, 3.63) is 31.8 Å². The largest absolute Gasteiger partial charge is 0.255 e. The Balaban J connectivity index is 2.79. The van der Waals surface area contributed by atoms with Gasteiger partial charge in [0.2, 0.25) is 0 Å². The molecule has 60 valence electrons. The molecule has 0 amide bonds. The molecule has 2 aromatic rings. The molecule has 0 aliphatic rings. The topological polar surface area (TPSA) is 25.8 Å². The van der Waals surface area contributed by atoms with Crippen LogP contribution in [0.25, 0.3) is 10.9 Å². The molecular formula is C8H4I2N2. The first-order valence-electron chi connectivity index (χ1n) is 3.32. The third-order valence-electron chi connectivity index (χ3n) is 1.50. The van der Waals surface area contributed by atoms with Crippen LogP contribution in [0.15, 0.2) is 24.5 Å². The zero-order chi connectivity index (χ0) is 8.55. The van der Waals surface area contributed by atoms with E-state index in [0.717, 1.165) is 18.2 Å². The van der Waals surface area contributed by atoms with Gasteiger partial charge in [0.1, 0.15) is 3.70 Å². The summed E-state index contributed by atoms with van der Waals surface area (Å²) in [4.78, 5) is 8.48. The highest BCUT2D eigenvalue weighted by atomic mass is 127. The van der Waals surface area contributed by atoms with Crippen LogP contribution in [-0.4, -0.2) is 9.97 Å². The summed E-state index contributed by atoms with van der Waals surface area (Å²) in [5, 5.41) is 1.10. The second-order valence-corrected chi connectivity index (χ2v) is 4.70. The fourth-order valence-corrected chi connectivity index (χ4v) is 1.88. The van der Waals surface area contributed by atoms with Crippen molar-refractivity contribution in [2.45, 2.75) is 0 Å². The van der Waals surface area contributed by atoms with Gasteiger partial charge in [0.05, 0.1) is 5.52 Å². The molecule has 0 aliphatic heterocycles. The maximum absolute atomic E-state index is 4.29. The molecule has 0 saturated heterocycles. The number of nitrogens with zero attached hydrogens (tertiary/aromatic N) is 2. The second kappa shape index (κ2) is 3.41. The Kier molecular flexibility index (Phi) is 2.44. The number of rotatable bonds is 0. The summed E-state index contributed by atoms with van der Waals surface area (Å²) < 4.78 is 2.12. The molecule has 0 atom stereocenters. The molecule has 2 nitrogen and oxygen atoms in total. The normalized spacial score (nSPS) is 10.5. The summed E-state index contributed by atoms with van der Waals surface area (Å²) >= 11 is 4.43. The summed E-state index contributed by atoms with van der Waals surface area (Å²) in [5.74, 6) is 0. The Hall–Kier alpha value is 0.0200. The van der Waals surface area contributed by atoms with Gasteiger partial charge in [-0.3, -0.25) is 4.98 Å². The fraction of sp³-hybridized carbons (Fsp3) is 0. The molecule has 2 heterocycles. The van der Waals surface area contributed by atoms with Crippen molar-refractivity contribution in [3.63, 3.8) is 0 Å². The first kappa shape index (κ1) is 8.61. The number of fused-ring (bicyclic) bond motifs is 1. The molecule has 0 unspecified atom stereocenters. The van der Waals surface area contributed by atoms with E-state index in [2.05, 4.69) is 61.2 Å². The van der Waals surface area contributed by atoms with Crippen LogP contribution in [0.3, 0.4) is 0 Å². The average molecular weight is 382 g/mol. The molecule has 12 heavy (non-hydrogen) atoms. The van der Waals surface area contributed by atoms with E-state index >= 15 is 0 Å². The molecule has 2 rings (SSSR count). The first-order valence-corrected chi connectivity index (χ1v) is 5.48. The van der Waals surface area contributed by atoms with Crippen LogP contribution >= 0.6 is 45.2 Å². The Morgan fingerprint density at radius 3 is 2.67 bits per heavy atom. The van der Waals surface area contributed by atoms with Crippen molar-refractivity contribution in [1.82, 2.24) is 9.97 Å². The Morgan fingerprint density at radius 1 is 1.00 bits per heavy atom. The van der Waals surface area contributed by atoms with E-state index in [1.165, 1.54) is 0 Å². The summed E-state index contributed by atoms with van der Waals surface area (Å²) in [5.41, 5.74) is 1.01. The van der Waals surface area contributed by atoms with Gasteiger partial charge in [-0.25, -0.2) is 4.98 Å². The standard InChI is InChI=1S/C8H4I2N2/c9-6-1-5-3-12-8(10)2-7(5)11-4-6/h1-4H. The molecular weight excluding hydrogens is 378 g/mol. The predicted molar refractivity (Wildman–Crippen MR) is 65.0 cm³/mol. The molecule has 0 aliphatic carbocycles. The van der Waals surface area contributed by atoms with Gasteiger partial charge in [0.25, 0.3) is 0 Å². The minimum absolute atomic E-state index is 0.980. The van der Waals surface area contributed by atoms with Gasteiger partial charge in [-0.05, 0) is 57.3 Å². The van der Waals surface area contributed by atoms with Crippen LogP contribution in [0.5, 0.6) is 0 Å². The molecule has 2 aromatic heterocycles. The van der Waals surface area contributed by atoms with Crippen molar-refractivity contribution in [1.29, 1.82) is 0 Å². The molecule has 0 spiro atoms. The van der Waals surface area contributed by atoms with E-state index in [1.807, 2.05) is 18.5 Å². The number of pyridine rings is 2.